The van der Waals surface area contributed by atoms with Gasteiger partial charge >= 0.3 is 0 Å². The summed E-state index contributed by atoms with van der Waals surface area (Å²) < 4.78 is 19.9. The lowest BCUT2D eigenvalue weighted by Crippen LogP contribution is -2.34. The number of nitrogens with zero attached hydrogens (tertiary/aromatic N) is 5. The van der Waals surface area contributed by atoms with Crippen LogP contribution < -0.4 is 15.0 Å². The van der Waals surface area contributed by atoms with Gasteiger partial charge in [-0.3, -0.25) is 0 Å². The first-order valence-electron chi connectivity index (χ1n) is 10.4. The highest BCUT2D eigenvalue weighted by Crippen LogP contribution is 2.35. The number of hydrogen-bond donors (Lipinski definition) is 2. The van der Waals surface area contributed by atoms with Gasteiger partial charge in [0.05, 0.1) is 19.0 Å². The third-order valence-corrected chi connectivity index (χ3v) is 5.73. The van der Waals surface area contributed by atoms with Crippen molar-refractivity contribution in [3.63, 3.8) is 0 Å². The summed E-state index contributed by atoms with van der Waals surface area (Å²) in [7, 11) is 1.46. The largest absolute Gasteiger partial charge is 0.507 e. The van der Waals surface area contributed by atoms with Crippen molar-refractivity contribution < 1.29 is 14.2 Å². The van der Waals surface area contributed by atoms with E-state index in [1.807, 2.05) is 6.07 Å². The van der Waals surface area contributed by atoms with E-state index >= 15 is 0 Å². The molecule has 0 unspecified atom stereocenters. The van der Waals surface area contributed by atoms with Crippen LogP contribution in [0.25, 0.3) is 22.4 Å². The highest BCUT2D eigenvalue weighted by atomic mass is 19.1. The molecule has 1 atom stereocenters. The van der Waals surface area contributed by atoms with E-state index in [1.54, 1.807) is 12.1 Å². The van der Waals surface area contributed by atoms with Crippen molar-refractivity contribution in [3.8, 4) is 34.0 Å². The quantitative estimate of drug-likeness (QED) is 0.626. The van der Waals surface area contributed by atoms with E-state index in [4.69, 9.17) is 4.74 Å². The van der Waals surface area contributed by atoms with Gasteiger partial charge in [-0.1, -0.05) is 0 Å². The second-order valence-electron chi connectivity index (χ2n) is 7.99. The molecule has 0 amide bonds. The molecule has 1 saturated carbocycles. The summed E-state index contributed by atoms with van der Waals surface area (Å²) in [6.07, 6.45) is 5.04. The Balaban J connectivity index is 1.35. The molecule has 2 aliphatic rings. The number of halogens is 1. The van der Waals surface area contributed by atoms with Crippen molar-refractivity contribution in [2.45, 2.75) is 31.3 Å². The number of methoxy groups -OCH3 is 1. The van der Waals surface area contributed by atoms with Crippen molar-refractivity contribution >= 4 is 5.82 Å². The van der Waals surface area contributed by atoms with Crippen LogP contribution in [0.5, 0.6) is 11.6 Å². The average molecular weight is 422 g/mol. The summed E-state index contributed by atoms with van der Waals surface area (Å²) in [4.78, 5) is 2.20. The van der Waals surface area contributed by atoms with Crippen LogP contribution >= 0.6 is 0 Å². The van der Waals surface area contributed by atoms with Crippen molar-refractivity contribution in [3.05, 3.63) is 42.3 Å². The molecule has 3 aromatic rings. The molecule has 8 nitrogen and oxygen atoms in total. The minimum atomic E-state index is -0.512. The van der Waals surface area contributed by atoms with Gasteiger partial charge in [-0.15, -0.1) is 15.3 Å². The molecule has 0 bridgehead atoms. The molecule has 0 spiro atoms. The molecule has 3 heterocycles. The van der Waals surface area contributed by atoms with Gasteiger partial charge in [-0.2, -0.15) is 5.10 Å². The van der Waals surface area contributed by atoms with Gasteiger partial charge in [0.15, 0.2) is 5.82 Å². The second-order valence-corrected chi connectivity index (χ2v) is 7.99. The maximum atomic E-state index is 14.9. The molecule has 1 saturated heterocycles. The predicted molar refractivity (Wildman–Crippen MR) is 113 cm³/mol. The summed E-state index contributed by atoms with van der Waals surface area (Å²) in [5.41, 5.74) is 1.34. The Morgan fingerprint density at radius 2 is 1.94 bits per heavy atom. The van der Waals surface area contributed by atoms with Crippen LogP contribution in [0.4, 0.5) is 10.2 Å². The molecule has 1 aliphatic carbocycles. The number of nitrogens with one attached hydrogen (secondary N) is 1. The Morgan fingerprint density at radius 1 is 1.06 bits per heavy atom. The highest BCUT2D eigenvalue weighted by molar-refractivity contribution is 5.75. The van der Waals surface area contributed by atoms with Crippen LogP contribution in [0.15, 0.2) is 36.5 Å². The second kappa shape index (κ2) is 8.07. The van der Waals surface area contributed by atoms with Gasteiger partial charge in [-0.05, 0) is 43.5 Å². The first-order chi connectivity index (χ1) is 15.1. The number of anilines is 1. The van der Waals surface area contributed by atoms with E-state index in [1.165, 1.54) is 38.3 Å². The molecule has 1 aromatic carbocycles. The lowest BCUT2D eigenvalue weighted by molar-refractivity contribution is 0.392. The Kier molecular flexibility index (Phi) is 5.11. The summed E-state index contributed by atoms with van der Waals surface area (Å²) in [6, 6.07) is 8.96. The van der Waals surface area contributed by atoms with Crippen molar-refractivity contribution in [2.24, 2.45) is 0 Å². The monoisotopic (exact) mass is 422 g/mol. The summed E-state index contributed by atoms with van der Waals surface area (Å²) in [5.74, 6) is 0.445. The van der Waals surface area contributed by atoms with E-state index in [2.05, 4.69) is 30.6 Å². The third kappa shape index (κ3) is 4.13. The van der Waals surface area contributed by atoms with Crippen LogP contribution in [0.3, 0.4) is 0 Å². The predicted octanol–water partition coefficient (Wildman–Crippen LogP) is 2.78. The SMILES string of the molecule is COc1cc(-c2cc(O)c(-c3ccc(N4CC[C@H](NC5CC5)C4)nn3)cc2F)cnn1. The number of phenols is 1. The summed E-state index contributed by atoms with van der Waals surface area (Å²) in [5, 5.41) is 30.3. The number of phenolic OH excluding ortho intramolecular Hbond substituents is 1. The Labute approximate surface area is 179 Å². The Morgan fingerprint density at radius 3 is 2.68 bits per heavy atom. The van der Waals surface area contributed by atoms with E-state index in [0.29, 0.717) is 23.3 Å². The van der Waals surface area contributed by atoms with Crippen molar-refractivity contribution in [2.75, 3.05) is 25.1 Å². The normalized spacial score (nSPS) is 18.4. The van der Waals surface area contributed by atoms with Gasteiger partial charge < -0.3 is 20.1 Å². The highest BCUT2D eigenvalue weighted by Gasteiger charge is 2.29. The lowest BCUT2D eigenvalue weighted by Gasteiger charge is -2.17. The third-order valence-electron chi connectivity index (χ3n) is 5.73. The fourth-order valence-corrected chi connectivity index (χ4v) is 3.91. The van der Waals surface area contributed by atoms with Crippen molar-refractivity contribution in [1.29, 1.82) is 0 Å². The maximum absolute atomic E-state index is 14.9. The number of hydrogen-bond acceptors (Lipinski definition) is 8. The molecule has 1 aliphatic heterocycles. The zero-order valence-electron chi connectivity index (χ0n) is 17.1. The molecule has 9 heteroatoms. The number of ether oxygens (including phenoxy) is 1. The smallest absolute Gasteiger partial charge is 0.233 e. The number of aromatic nitrogens is 4. The van der Waals surface area contributed by atoms with Gasteiger partial charge in [0.2, 0.25) is 5.88 Å². The molecule has 31 heavy (non-hydrogen) atoms. The van der Waals surface area contributed by atoms with Gasteiger partial charge in [-0.25, -0.2) is 4.39 Å². The van der Waals surface area contributed by atoms with E-state index in [-0.39, 0.29) is 22.8 Å². The van der Waals surface area contributed by atoms with Crippen LogP contribution in [0.2, 0.25) is 0 Å². The van der Waals surface area contributed by atoms with Crippen molar-refractivity contribution in [1.82, 2.24) is 25.7 Å². The lowest BCUT2D eigenvalue weighted by atomic mass is 10.0. The molecule has 2 N–H and O–H groups in total. The zero-order chi connectivity index (χ0) is 21.4. The van der Waals surface area contributed by atoms with E-state index in [0.717, 1.165) is 25.3 Å². The minimum Gasteiger partial charge on any atom is -0.507 e. The average Bonchev–Trinajstić information content (AvgIpc) is 3.49. The topological polar surface area (TPSA) is 96.3 Å². The fourth-order valence-electron chi connectivity index (χ4n) is 3.91. The molecule has 2 aromatic heterocycles. The summed E-state index contributed by atoms with van der Waals surface area (Å²) >= 11 is 0. The molecule has 160 valence electrons. The van der Waals surface area contributed by atoms with Crippen LogP contribution in [-0.2, 0) is 0 Å². The molecular weight excluding hydrogens is 399 g/mol. The molecule has 5 rings (SSSR count). The molecule has 2 fully saturated rings. The fraction of sp³-hybridized carbons (Fsp3) is 0.364. The summed E-state index contributed by atoms with van der Waals surface area (Å²) in [6.45, 7) is 1.83. The van der Waals surface area contributed by atoms with Crippen LogP contribution in [-0.4, -0.2) is 57.8 Å². The standard InChI is InChI=1S/C22H23FN6O2/c1-31-22-8-13(11-24-28-22)16-10-20(30)17(9-18(16)23)19-4-5-21(27-26-19)29-7-6-15(12-29)25-14-2-3-14/h4-5,8-11,14-15,25,30H,2-3,6-7,12H2,1H3/t15-/m0/s1. The van der Waals surface area contributed by atoms with Crippen LogP contribution in [0.1, 0.15) is 19.3 Å². The van der Waals surface area contributed by atoms with E-state index < -0.39 is 5.82 Å². The number of aromatic hydroxyl groups is 1. The Hall–Kier alpha value is -3.33. The maximum Gasteiger partial charge on any atom is 0.233 e. The Bertz CT molecular complexity index is 1090. The van der Waals surface area contributed by atoms with Gasteiger partial charge in [0.1, 0.15) is 11.6 Å². The van der Waals surface area contributed by atoms with Gasteiger partial charge in [0.25, 0.3) is 0 Å². The number of rotatable bonds is 6. The van der Waals surface area contributed by atoms with Gasteiger partial charge in [0, 0.05) is 47.9 Å². The minimum absolute atomic E-state index is 0.0934. The van der Waals surface area contributed by atoms with Crippen LogP contribution in [0, 0.1) is 5.82 Å². The molecule has 0 radical (unpaired) electrons. The molecular formula is C22H23FN6O2. The first kappa shape index (κ1) is 19.6. The number of benzene rings is 1. The zero-order valence-corrected chi connectivity index (χ0v) is 17.1. The van der Waals surface area contributed by atoms with E-state index in [9.17, 15) is 9.50 Å². The first-order valence-corrected chi connectivity index (χ1v) is 10.4.